The molecule has 0 radical (unpaired) electrons. The number of aryl methyl sites for hydroxylation is 1. The van der Waals surface area contributed by atoms with E-state index in [4.69, 9.17) is 4.74 Å². The van der Waals surface area contributed by atoms with Gasteiger partial charge < -0.3 is 15.0 Å². The number of anilines is 2. The predicted molar refractivity (Wildman–Crippen MR) is 80.3 cm³/mol. The van der Waals surface area contributed by atoms with Gasteiger partial charge in [0, 0.05) is 30.9 Å². The summed E-state index contributed by atoms with van der Waals surface area (Å²) in [5.74, 6) is 0.284. The van der Waals surface area contributed by atoms with Gasteiger partial charge in [-0.25, -0.2) is 0 Å². The highest BCUT2D eigenvalue weighted by atomic mass is 16.5. The fourth-order valence-corrected chi connectivity index (χ4v) is 2.73. The summed E-state index contributed by atoms with van der Waals surface area (Å²) in [4.78, 5) is 25.6. The lowest BCUT2D eigenvalue weighted by atomic mass is 10.0. The van der Waals surface area contributed by atoms with E-state index < -0.39 is 0 Å². The molecule has 1 aliphatic carbocycles. The van der Waals surface area contributed by atoms with Crippen molar-refractivity contribution in [1.82, 2.24) is 0 Å². The molecule has 2 aliphatic rings. The van der Waals surface area contributed by atoms with Crippen molar-refractivity contribution in [2.45, 2.75) is 25.7 Å². The number of nitrogens with one attached hydrogen (secondary N) is 1. The van der Waals surface area contributed by atoms with Crippen LogP contribution in [0.2, 0.25) is 0 Å². The highest BCUT2D eigenvalue weighted by Gasteiger charge is 2.30. The zero-order chi connectivity index (χ0) is 14.8. The van der Waals surface area contributed by atoms with Crippen LogP contribution in [-0.2, 0) is 20.7 Å². The topological polar surface area (TPSA) is 58.6 Å². The molecular formula is C16H20N2O3. The smallest absolute Gasteiger partial charge is 0.252 e. The summed E-state index contributed by atoms with van der Waals surface area (Å²) < 4.78 is 4.93. The van der Waals surface area contributed by atoms with E-state index in [0.29, 0.717) is 0 Å². The van der Waals surface area contributed by atoms with E-state index in [-0.39, 0.29) is 24.3 Å². The third kappa shape index (κ3) is 3.08. The normalized spacial score (nSPS) is 17.3. The Morgan fingerprint density at radius 2 is 2.19 bits per heavy atom. The van der Waals surface area contributed by atoms with Gasteiger partial charge in [-0.2, -0.15) is 0 Å². The Bertz CT molecular complexity index is 567. The fraction of sp³-hybridized carbons (Fsp3) is 0.500. The summed E-state index contributed by atoms with van der Waals surface area (Å²) in [6.45, 7) is 0.822. The van der Waals surface area contributed by atoms with E-state index >= 15 is 0 Å². The molecule has 5 heteroatoms. The monoisotopic (exact) mass is 288 g/mol. The van der Waals surface area contributed by atoms with Crippen molar-refractivity contribution in [2.24, 2.45) is 5.92 Å². The van der Waals surface area contributed by atoms with Gasteiger partial charge in [-0.3, -0.25) is 9.59 Å². The molecule has 0 spiro atoms. The number of hydrogen-bond donors (Lipinski definition) is 1. The van der Waals surface area contributed by atoms with Gasteiger partial charge in [0.15, 0.2) is 0 Å². The van der Waals surface area contributed by atoms with Crippen molar-refractivity contribution in [3.63, 3.8) is 0 Å². The van der Waals surface area contributed by atoms with Gasteiger partial charge in [-0.15, -0.1) is 0 Å². The number of carbonyl (C=O) groups excluding carboxylic acids is 2. The minimum atomic E-state index is -0.0202. The molecule has 1 heterocycles. The standard InChI is InChI=1S/C16H20N2O3/c1-21-10-15(19)18-8-2-3-12-9-13(6-7-14(12)18)17-16(20)11-4-5-11/h6-7,9,11H,2-5,8,10H2,1H3,(H,17,20). The van der Waals surface area contributed by atoms with Crippen LogP contribution in [0.4, 0.5) is 11.4 Å². The van der Waals surface area contributed by atoms with Crippen molar-refractivity contribution in [3.8, 4) is 0 Å². The summed E-state index contributed by atoms with van der Waals surface area (Å²) in [6.07, 6.45) is 3.86. The van der Waals surface area contributed by atoms with Gasteiger partial charge in [0.2, 0.25) is 5.91 Å². The minimum Gasteiger partial charge on any atom is -0.375 e. The summed E-state index contributed by atoms with van der Waals surface area (Å²) in [6, 6.07) is 5.78. The number of benzene rings is 1. The maximum absolute atomic E-state index is 12.1. The van der Waals surface area contributed by atoms with Gasteiger partial charge in [0.1, 0.15) is 6.61 Å². The number of nitrogens with zero attached hydrogens (tertiary/aromatic N) is 1. The van der Waals surface area contributed by atoms with Crippen molar-refractivity contribution in [3.05, 3.63) is 23.8 Å². The van der Waals surface area contributed by atoms with E-state index in [1.165, 1.54) is 7.11 Å². The first-order valence-corrected chi connectivity index (χ1v) is 7.42. The molecule has 21 heavy (non-hydrogen) atoms. The molecule has 1 N–H and O–H groups in total. The quantitative estimate of drug-likeness (QED) is 0.921. The zero-order valence-corrected chi connectivity index (χ0v) is 12.2. The van der Waals surface area contributed by atoms with Crippen LogP contribution < -0.4 is 10.2 Å². The molecule has 1 saturated carbocycles. The molecule has 0 aromatic heterocycles. The zero-order valence-electron chi connectivity index (χ0n) is 12.2. The maximum Gasteiger partial charge on any atom is 0.252 e. The number of fused-ring (bicyclic) bond motifs is 1. The number of hydrogen-bond acceptors (Lipinski definition) is 3. The van der Waals surface area contributed by atoms with Gasteiger partial charge in [-0.05, 0) is 49.4 Å². The Morgan fingerprint density at radius 3 is 2.90 bits per heavy atom. The Labute approximate surface area is 124 Å². The van der Waals surface area contributed by atoms with Crippen molar-refractivity contribution in [1.29, 1.82) is 0 Å². The second kappa shape index (κ2) is 5.85. The van der Waals surface area contributed by atoms with Crippen molar-refractivity contribution >= 4 is 23.2 Å². The first-order chi connectivity index (χ1) is 10.2. The molecule has 5 nitrogen and oxygen atoms in total. The Hall–Kier alpha value is -1.88. The molecule has 0 atom stereocenters. The highest BCUT2D eigenvalue weighted by Crippen LogP contribution is 2.32. The van der Waals surface area contributed by atoms with E-state index in [2.05, 4.69) is 5.32 Å². The average Bonchev–Trinajstić information content (AvgIpc) is 3.31. The summed E-state index contributed by atoms with van der Waals surface area (Å²) in [5, 5.41) is 2.96. The molecule has 0 bridgehead atoms. The number of carbonyl (C=O) groups is 2. The van der Waals surface area contributed by atoms with Gasteiger partial charge in [0.25, 0.3) is 5.91 Å². The molecule has 112 valence electrons. The number of ether oxygens (including phenoxy) is 1. The van der Waals surface area contributed by atoms with Crippen LogP contribution in [0.15, 0.2) is 18.2 Å². The molecule has 0 saturated heterocycles. The second-order valence-electron chi connectivity index (χ2n) is 5.69. The third-order valence-corrected chi connectivity index (χ3v) is 3.98. The first-order valence-electron chi connectivity index (χ1n) is 7.42. The summed E-state index contributed by atoms with van der Waals surface area (Å²) >= 11 is 0. The SMILES string of the molecule is COCC(=O)N1CCCc2cc(NC(=O)C3CC3)ccc21. The van der Waals surface area contributed by atoms with Crippen molar-refractivity contribution < 1.29 is 14.3 Å². The first kappa shape index (κ1) is 14.1. The largest absolute Gasteiger partial charge is 0.375 e. The van der Waals surface area contributed by atoms with Crippen LogP contribution in [0.25, 0.3) is 0 Å². The van der Waals surface area contributed by atoms with Crippen molar-refractivity contribution in [2.75, 3.05) is 30.5 Å². The number of rotatable bonds is 4. The molecule has 0 unspecified atom stereocenters. The average molecular weight is 288 g/mol. The van der Waals surface area contributed by atoms with Gasteiger partial charge >= 0.3 is 0 Å². The van der Waals surface area contributed by atoms with Gasteiger partial charge in [-0.1, -0.05) is 0 Å². The maximum atomic E-state index is 12.1. The fourth-order valence-electron chi connectivity index (χ4n) is 2.73. The Kier molecular flexibility index (Phi) is 3.92. The second-order valence-corrected chi connectivity index (χ2v) is 5.69. The third-order valence-electron chi connectivity index (χ3n) is 3.98. The Balaban J connectivity index is 1.78. The molecule has 1 fully saturated rings. The highest BCUT2D eigenvalue weighted by molar-refractivity contribution is 5.97. The molecule has 3 rings (SSSR count). The van der Waals surface area contributed by atoms with E-state index in [1.807, 2.05) is 18.2 Å². The van der Waals surface area contributed by atoms with E-state index in [0.717, 1.165) is 49.2 Å². The predicted octanol–water partition coefficient (Wildman–Crippen LogP) is 1.96. The van der Waals surface area contributed by atoms with Crippen LogP contribution in [0.3, 0.4) is 0 Å². The van der Waals surface area contributed by atoms with E-state index in [9.17, 15) is 9.59 Å². The van der Waals surface area contributed by atoms with Crippen LogP contribution >= 0.6 is 0 Å². The van der Waals surface area contributed by atoms with Gasteiger partial charge in [0.05, 0.1) is 0 Å². The molecule has 1 aliphatic heterocycles. The molecular weight excluding hydrogens is 268 g/mol. The Morgan fingerprint density at radius 1 is 1.38 bits per heavy atom. The van der Waals surface area contributed by atoms with Crippen LogP contribution in [0.5, 0.6) is 0 Å². The lowest BCUT2D eigenvalue weighted by Gasteiger charge is -2.29. The van der Waals surface area contributed by atoms with Crippen LogP contribution in [0.1, 0.15) is 24.8 Å². The van der Waals surface area contributed by atoms with Crippen LogP contribution in [-0.4, -0.2) is 32.1 Å². The minimum absolute atomic E-state index is 0.0202. The number of methoxy groups -OCH3 is 1. The lowest BCUT2D eigenvalue weighted by molar-refractivity contribution is -0.122. The van der Waals surface area contributed by atoms with Crippen LogP contribution in [0, 0.1) is 5.92 Å². The lowest BCUT2D eigenvalue weighted by Crippen LogP contribution is -2.37. The van der Waals surface area contributed by atoms with E-state index in [1.54, 1.807) is 4.90 Å². The summed E-state index contributed by atoms with van der Waals surface area (Å²) in [7, 11) is 1.53. The number of amides is 2. The molecule has 1 aromatic rings. The molecule has 2 amide bonds. The summed E-state index contributed by atoms with van der Waals surface area (Å²) in [5.41, 5.74) is 2.87. The molecule has 1 aromatic carbocycles.